The zero-order valence-electron chi connectivity index (χ0n) is 18.5. The van der Waals surface area contributed by atoms with E-state index in [1.807, 2.05) is 27.7 Å². The van der Waals surface area contributed by atoms with Gasteiger partial charge in [0.15, 0.2) is 0 Å². The van der Waals surface area contributed by atoms with E-state index in [2.05, 4.69) is 21.3 Å². The number of carbonyl (C=O) groups is 3. The van der Waals surface area contributed by atoms with E-state index in [1.165, 1.54) is 5.06 Å². The van der Waals surface area contributed by atoms with Crippen molar-refractivity contribution in [3.05, 3.63) is 0 Å². The highest BCUT2D eigenvalue weighted by atomic mass is 16.5. The third-order valence-electron chi connectivity index (χ3n) is 5.94. The second kappa shape index (κ2) is 9.93. The first-order valence-electron chi connectivity index (χ1n) is 10.7. The molecule has 172 valence electrons. The molecule has 1 unspecified atom stereocenters. The molecule has 2 rings (SSSR count). The lowest BCUT2D eigenvalue weighted by atomic mass is 9.79. The van der Waals surface area contributed by atoms with Crippen molar-refractivity contribution in [2.24, 2.45) is 0 Å². The molecule has 3 amide bonds. The standard InChI is InChI=1S/C20H37N5O5/c1-19(2)11-13(12-20(3,4)25(19)30)23-17(27)15(8-6-10-22-18(28)29)24-16(26)14-7-5-9-21-14/h13-15,21-22,30H,5-12H2,1-4H3,(H,23,27)(H,24,26)(H,28,29)/t14-,15?/m0/s1. The molecular weight excluding hydrogens is 390 g/mol. The van der Waals surface area contributed by atoms with Gasteiger partial charge in [0.25, 0.3) is 0 Å². The van der Waals surface area contributed by atoms with Crippen LogP contribution in [0.5, 0.6) is 0 Å². The number of hydroxylamine groups is 2. The molecule has 30 heavy (non-hydrogen) atoms. The van der Waals surface area contributed by atoms with E-state index in [0.717, 1.165) is 19.4 Å². The van der Waals surface area contributed by atoms with Crippen LogP contribution in [0.15, 0.2) is 0 Å². The molecular formula is C20H37N5O5. The first-order valence-corrected chi connectivity index (χ1v) is 10.7. The van der Waals surface area contributed by atoms with Gasteiger partial charge in [-0.15, -0.1) is 0 Å². The fourth-order valence-electron chi connectivity index (χ4n) is 4.63. The summed E-state index contributed by atoms with van der Waals surface area (Å²) in [6.07, 6.45) is 2.44. The van der Waals surface area contributed by atoms with E-state index in [1.54, 1.807) is 0 Å². The Kier molecular flexibility index (Phi) is 8.06. The Morgan fingerprint density at radius 1 is 1.17 bits per heavy atom. The van der Waals surface area contributed by atoms with Gasteiger partial charge in [-0.25, -0.2) is 4.79 Å². The van der Waals surface area contributed by atoms with Crippen molar-refractivity contribution in [3.8, 4) is 0 Å². The highest BCUT2D eigenvalue weighted by Crippen LogP contribution is 2.36. The average Bonchev–Trinajstić information content (AvgIpc) is 3.16. The van der Waals surface area contributed by atoms with Gasteiger partial charge >= 0.3 is 6.09 Å². The Labute approximate surface area is 178 Å². The minimum atomic E-state index is -1.12. The zero-order valence-corrected chi connectivity index (χ0v) is 18.5. The average molecular weight is 428 g/mol. The Morgan fingerprint density at radius 3 is 2.33 bits per heavy atom. The van der Waals surface area contributed by atoms with Crippen LogP contribution in [0.1, 0.15) is 66.2 Å². The number of nitrogens with one attached hydrogen (secondary N) is 4. The smallest absolute Gasteiger partial charge is 0.404 e. The van der Waals surface area contributed by atoms with Crippen LogP contribution in [-0.4, -0.2) is 75.6 Å². The molecule has 6 N–H and O–H groups in total. The normalized spacial score (nSPS) is 24.8. The number of hydrogen-bond donors (Lipinski definition) is 6. The number of carbonyl (C=O) groups excluding carboxylic acids is 2. The zero-order chi connectivity index (χ0) is 22.5. The van der Waals surface area contributed by atoms with Crippen molar-refractivity contribution in [3.63, 3.8) is 0 Å². The maximum Gasteiger partial charge on any atom is 0.404 e. The molecule has 10 nitrogen and oxygen atoms in total. The van der Waals surface area contributed by atoms with Gasteiger partial charge in [0, 0.05) is 23.7 Å². The van der Waals surface area contributed by atoms with E-state index >= 15 is 0 Å². The molecule has 2 atom stereocenters. The Balaban J connectivity index is 2.01. The predicted octanol–water partition coefficient (Wildman–Crippen LogP) is 0.798. The fraction of sp³-hybridized carbons (Fsp3) is 0.850. The van der Waals surface area contributed by atoms with Crippen molar-refractivity contribution in [2.75, 3.05) is 13.1 Å². The molecule has 2 heterocycles. The van der Waals surface area contributed by atoms with Gasteiger partial charge in [0.1, 0.15) is 6.04 Å². The number of hydrogen-bond acceptors (Lipinski definition) is 6. The molecule has 2 aliphatic rings. The van der Waals surface area contributed by atoms with Crippen LogP contribution in [0.25, 0.3) is 0 Å². The molecule has 0 bridgehead atoms. The summed E-state index contributed by atoms with van der Waals surface area (Å²) in [6, 6.07) is -1.19. The number of nitrogens with zero attached hydrogens (tertiary/aromatic N) is 1. The quantitative estimate of drug-likeness (QED) is 0.314. The maximum absolute atomic E-state index is 13.0. The van der Waals surface area contributed by atoms with Crippen molar-refractivity contribution in [1.29, 1.82) is 0 Å². The van der Waals surface area contributed by atoms with Crippen LogP contribution >= 0.6 is 0 Å². The van der Waals surface area contributed by atoms with Gasteiger partial charge in [-0.3, -0.25) is 9.59 Å². The van der Waals surface area contributed by atoms with Crippen molar-refractivity contribution < 1.29 is 24.7 Å². The lowest BCUT2D eigenvalue weighted by Crippen LogP contribution is -2.64. The topological polar surface area (TPSA) is 143 Å². The first kappa shape index (κ1) is 24.4. The van der Waals surface area contributed by atoms with Crippen LogP contribution in [-0.2, 0) is 9.59 Å². The lowest BCUT2D eigenvalue weighted by molar-refractivity contribution is -0.246. The highest BCUT2D eigenvalue weighted by molar-refractivity contribution is 5.90. The Morgan fingerprint density at radius 2 is 1.80 bits per heavy atom. The highest BCUT2D eigenvalue weighted by Gasteiger charge is 2.45. The van der Waals surface area contributed by atoms with Crippen LogP contribution in [0.3, 0.4) is 0 Å². The Hall–Kier alpha value is -1.91. The Bertz CT molecular complexity index is 615. The molecule has 0 aliphatic carbocycles. The van der Waals surface area contributed by atoms with E-state index < -0.39 is 23.2 Å². The van der Waals surface area contributed by atoms with Crippen molar-refractivity contribution in [2.45, 2.75) is 95.4 Å². The van der Waals surface area contributed by atoms with Crippen molar-refractivity contribution >= 4 is 17.9 Å². The molecule has 10 heteroatoms. The molecule has 2 fully saturated rings. The molecule has 0 saturated carbocycles. The molecule has 0 aromatic rings. The van der Waals surface area contributed by atoms with E-state index in [0.29, 0.717) is 25.7 Å². The van der Waals surface area contributed by atoms with E-state index in [4.69, 9.17) is 5.11 Å². The summed E-state index contributed by atoms with van der Waals surface area (Å²) >= 11 is 0. The van der Waals surface area contributed by atoms with E-state index in [9.17, 15) is 19.6 Å². The molecule has 0 aromatic heterocycles. The van der Waals surface area contributed by atoms with Gasteiger partial charge < -0.3 is 31.6 Å². The lowest BCUT2D eigenvalue weighted by Gasteiger charge is -2.51. The van der Waals surface area contributed by atoms with Crippen LogP contribution in [0.4, 0.5) is 4.79 Å². The van der Waals surface area contributed by atoms with Crippen LogP contribution < -0.4 is 21.3 Å². The van der Waals surface area contributed by atoms with Gasteiger partial charge in [0.2, 0.25) is 11.8 Å². The number of carboxylic acid groups (broad SMARTS) is 1. The molecule has 2 aliphatic heterocycles. The maximum atomic E-state index is 13.0. The van der Waals surface area contributed by atoms with Crippen LogP contribution in [0.2, 0.25) is 0 Å². The summed E-state index contributed by atoms with van der Waals surface area (Å²) in [7, 11) is 0. The van der Waals surface area contributed by atoms with Crippen molar-refractivity contribution in [1.82, 2.24) is 26.3 Å². The second-order valence-electron chi connectivity index (χ2n) is 9.63. The molecule has 0 spiro atoms. The SMILES string of the molecule is CC1(C)CC(NC(=O)C(CCCNC(=O)O)NC(=O)[C@@H]2CCCN2)CC(C)(C)N1O. The number of rotatable bonds is 8. The minimum Gasteiger partial charge on any atom is -0.465 e. The number of amides is 3. The summed E-state index contributed by atoms with van der Waals surface area (Å²) in [5.41, 5.74) is -1.00. The van der Waals surface area contributed by atoms with Gasteiger partial charge in [-0.05, 0) is 72.8 Å². The third kappa shape index (κ3) is 6.55. The largest absolute Gasteiger partial charge is 0.465 e. The summed E-state index contributed by atoms with van der Waals surface area (Å²) in [4.78, 5) is 36.2. The first-order chi connectivity index (χ1) is 13.9. The molecule has 2 saturated heterocycles. The summed E-state index contributed by atoms with van der Waals surface area (Å²) in [5, 5.41) is 31.8. The second-order valence-corrected chi connectivity index (χ2v) is 9.63. The third-order valence-corrected chi connectivity index (χ3v) is 5.94. The summed E-state index contributed by atoms with van der Waals surface area (Å²) < 4.78 is 0. The minimum absolute atomic E-state index is 0.146. The van der Waals surface area contributed by atoms with Gasteiger partial charge in [-0.1, -0.05) is 0 Å². The number of piperidine rings is 1. The predicted molar refractivity (Wildman–Crippen MR) is 111 cm³/mol. The summed E-state index contributed by atoms with van der Waals surface area (Å²) in [5.74, 6) is -0.482. The van der Waals surface area contributed by atoms with Gasteiger partial charge in [0.05, 0.1) is 6.04 Å². The van der Waals surface area contributed by atoms with E-state index in [-0.39, 0.29) is 30.4 Å². The van der Waals surface area contributed by atoms with Crippen LogP contribution in [0, 0.1) is 0 Å². The summed E-state index contributed by atoms with van der Waals surface area (Å²) in [6.45, 7) is 8.69. The monoisotopic (exact) mass is 427 g/mol. The molecule has 0 aromatic carbocycles. The van der Waals surface area contributed by atoms with Gasteiger partial charge in [-0.2, -0.15) is 5.06 Å². The molecule has 0 radical (unpaired) electrons. The fourth-order valence-corrected chi connectivity index (χ4v) is 4.63.